The van der Waals surface area contributed by atoms with E-state index in [0.717, 1.165) is 31.4 Å². The Morgan fingerprint density at radius 1 is 0.451 bits per heavy atom. The maximum Gasteiger partial charge on any atom is 0.0688 e. The highest BCUT2D eigenvalue weighted by Gasteiger charge is 2.63. The summed E-state index contributed by atoms with van der Waals surface area (Å²) in [4.78, 5) is 1.47. The number of fused-ring (bicyclic) bond motifs is 8. The van der Waals surface area contributed by atoms with Gasteiger partial charge in [-0.05, 0) is 135 Å². The van der Waals surface area contributed by atoms with E-state index in [9.17, 15) is 0 Å². The molecule has 3 aromatic heterocycles. The van der Waals surface area contributed by atoms with E-state index >= 15 is 0 Å². The minimum atomic E-state index is -0.562. The molecule has 7 aromatic rings. The number of hydrogen-bond donors (Lipinski definition) is 0. The van der Waals surface area contributed by atoms with Crippen LogP contribution in [-0.4, -0.2) is 5.75 Å². The number of hydrogen-bond acceptors (Lipinski definition) is 4. The van der Waals surface area contributed by atoms with Crippen LogP contribution in [0.15, 0.2) is 117 Å². The lowest BCUT2D eigenvalue weighted by Crippen LogP contribution is -2.52. The molecular formula is C76H90Br2S4. The van der Waals surface area contributed by atoms with E-state index in [1.165, 1.54) is 257 Å². The Morgan fingerprint density at radius 3 is 1.30 bits per heavy atom. The highest BCUT2D eigenvalue weighted by atomic mass is 79.9. The molecule has 82 heavy (non-hydrogen) atoms. The molecule has 432 valence electrons. The van der Waals surface area contributed by atoms with Crippen LogP contribution in [0.5, 0.6) is 0 Å². The van der Waals surface area contributed by atoms with Crippen molar-refractivity contribution < 1.29 is 0 Å². The molecule has 1 saturated carbocycles. The average molecular weight is 1290 g/mol. The first-order valence-electron chi connectivity index (χ1n) is 32.6. The van der Waals surface area contributed by atoms with Crippen molar-refractivity contribution in [2.45, 2.75) is 223 Å². The number of thioether (sulfide) groups is 1. The molecular weight excluding hydrogens is 1200 g/mol. The molecule has 0 saturated heterocycles. The highest BCUT2D eigenvalue weighted by molar-refractivity contribution is 9.15. The third kappa shape index (κ3) is 12.1. The van der Waals surface area contributed by atoms with Crippen LogP contribution in [0.2, 0.25) is 0 Å². The van der Waals surface area contributed by atoms with Crippen molar-refractivity contribution in [3.63, 3.8) is 0 Å². The van der Waals surface area contributed by atoms with Crippen molar-refractivity contribution in [2.75, 3.05) is 5.75 Å². The van der Waals surface area contributed by atoms with Crippen molar-refractivity contribution in [1.82, 2.24) is 0 Å². The maximum absolute atomic E-state index is 4.16. The van der Waals surface area contributed by atoms with E-state index in [-0.39, 0.29) is 5.92 Å². The molecule has 1 aliphatic heterocycles. The highest BCUT2D eigenvalue weighted by Crippen LogP contribution is 2.68. The molecule has 1 atom stereocenters. The van der Waals surface area contributed by atoms with Gasteiger partial charge in [-0.25, -0.2) is 0 Å². The van der Waals surface area contributed by atoms with Crippen LogP contribution in [0.3, 0.4) is 0 Å². The summed E-state index contributed by atoms with van der Waals surface area (Å²) in [6.07, 6.45) is 41.8. The first-order valence-corrected chi connectivity index (χ1v) is 37.7. The number of halogens is 2. The van der Waals surface area contributed by atoms with E-state index in [2.05, 4.69) is 197 Å². The lowest BCUT2D eigenvalue weighted by atomic mass is 9.46. The average Bonchev–Trinajstić information content (AvgIpc) is 1.59. The van der Waals surface area contributed by atoms with E-state index in [1.54, 1.807) is 5.57 Å². The fraction of sp³-hybridized carbons (Fsp3) is 0.474. The van der Waals surface area contributed by atoms with Gasteiger partial charge >= 0.3 is 0 Å². The molecule has 1 fully saturated rings. The second-order valence-corrected chi connectivity index (χ2v) is 30.4. The van der Waals surface area contributed by atoms with Crippen LogP contribution < -0.4 is 18.8 Å². The molecule has 0 bridgehead atoms. The summed E-state index contributed by atoms with van der Waals surface area (Å²) in [6.45, 7) is 9.30. The fourth-order valence-corrected chi connectivity index (χ4v) is 21.6. The normalized spacial score (nSPS) is 16.4. The minimum absolute atomic E-state index is 0.0357. The predicted molar refractivity (Wildman–Crippen MR) is 372 cm³/mol. The standard InChI is InChI=1S/C76H90Br2S4/c1-5-9-13-17-21-25-29-53-33-41-57(42-34-53)75(58-43-35-54(36-44-58)30-26-22-18-14-10-6-2)63-49-61-70(82-74-66(78)52-79-71(61)74)68(63)76(59-45-37-55(38-46-59)31-27-23-19-15-11-7-3,60-47-39-56(40-48-60)32-28-24-20-16-12-8-4)64-50-62-69(67(64)75)81-73-65(77)51-80-72(62)73/h33-51,64H,5-32,52H2,1-4H3. The molecule has 4 aliphatic rings. The summed E-state index contributed by atoms with van der Waals surface area (Å²) in [5.74, 6) is 1.04. The number of rotatable bonds is 32. The number of thiophene rings is 3. The van der Waals surface area contributed by atoms with Gasteiger partial charge in [-0.15, -0.1) is 45.8 Å². The Morgan fingerprint density at radius 2 is 0.866 bits per heavy atom. The quantitative estimate of drug-likeness (QED) is 0.0379. The van der Waals surface area contributed by atoms with Gasteiger partial charge in [-0.1, -0.05) is 275 Å². The minimum Gasteiger partial charge on any atom is -0.141 e. The van der Waals surface area contributed by atoms with Crippen molar-refractivity contribution in [1.29, 1.82) is 0 Å². The first-order chi connectivity index (χ1) is 40.4. The van der Waals surface area contributed by atoms with Crippen LogP contribution in [-0.2, 0) is 36.5 Å². The fourth-order valence-electron chi connectivity index (χ4n) is 14.7. The molecule has 6 heteroatoms. The van der Waals surface area contributed by atoms with Crippen LogP contribution in [0, 0.1) is 5.92 Å². The van der Waals surface area contributed by atoms with Crippen molar-refractivity contribution in [2.24, 2.45) is 5.92 Å². The summed E-state index contributed by atoms with van der Waals surface area (Å²) >= 11 is 16.4. The Bertz CT molecular complexity index is 3430. The van der Waals surface area contributed by atoms with Crippen molar-refractivity contribution in [3.8, 4) is 0 Å². The molecule has 3 aliphatic carbocycles. The van der Waals surface area contributed by atoms with Gasteiger partial charge in [0, 0.05) is 50.7 Å². The van der Waals surface area contributed by atoms with Gasteiger partial charge in [-0.3, -0.25) is 0 Å². The molecule has 0 radical (unpaired) electrons. The number of allylic oxidation sites excluding steroid dienone is 1. The summed E-state index contributed by atoms with van der Waals surface area (Å²) in [5, 5.41) is 3.79. The number of unbranched alkanes of at least 4 members (excludes halogenated alkanes) is 20. The monoisotopic (exact) mass is 1290 g/mol. The van der Waals surface area contributed by atoms with Crippen molar-refractivity contribution in [3.05, 3.63) is 181 Å². The number of aryl methyl sites for hydroxylation is 4. The lowest BCUT2D eigenvalue weighted by molar-refractivity contribution is 0.526. The van der Waals surface area contributed by atoms with Crippen LogP contribution in [0.4, 0.5) is 0 Å². The molecule has 1 unspecified atom stereocenters. The van der Waals surface area contributed by atoms with Gasteiger partial charge in [0.25, 0.3) is 0 Å². The van der Waals surface area contributed by atoms with Crippen molar-refractivity contribution >= 4 is 115 Å². The molecule has 0 nitrogen and oxygen atoms in total. The van der Waals surface area contributed by atoms with Gasteiger partial charge in [0.1, 0.15) is 0 Å². The Labute approximate surface area is 526 Å². The third-order valence-corrected chi connectivity index (χ3v) is 26.6. The molecule has 11 rings (SSSR count). The van der Waals surface area contributed by atoms with E-state index < -0.39 is 10.8 Å². The maximum atomic E-state index is 4.16. The molecule has 0 N–H and O–H groups in total. The van der Waals surface area contributed by atoms with Gasteiger partial charge in [-0.2, -0.15) is 0 Å². The van der Waals surface area contributed by atoms with E-state index in [4.69, 9.17) is 0 Å². The summed E-state index contributed by atoms with van der Waals surface area (Å²) in [6, 6.07) is 41.1. The summed E-state index contributed by atoms with van der Waals surface area (Å²) in [7, 11) is 0. The zero-order valence-corrected chi connectivity index (χ0v) is 56.4. The second-order valence-electron chi connectivity index (χ2n) is 24.7. The van der Waals surface area contributed by atoms with Crippen LogP contribution in [0.1, 0.15) is 232 Å². The van der Waals surface area contributed by atoms with E-state index in [1.807, 2.05) is 23.1 Å². The number of benzene rings is 4. The molecule has 4 aromatic carbocycles. The second kappa shape index (κ2) is 28.5. The molecule has 4 heterocycles. The molecule has 0 amide bonds. The molecule has 0 spiro atoms. The lowest BCUT2D eigenvalue weighted by Gasteiger charge is -2.55. The van der Waals surface area contributed by atoms with Gasteiger partial charge in [0.15, 0.2) is 0 Å². The SMILES string of the molecule is CCCCCCCCc1ccc(C2(c3ccc(CCCCCCCC)cc3)C3=Cc4c5c(sc4=C3C(c3ccc(CCCCCCCC)cc3)(c3ccc(CCCCCCCC)cc3)C3C=c4c(sc6c(Br)csc46)=C32)=C(Br)CS5)cc1. The van der Waals surface area contributed by atoms with E-state index in [0.29, 0.717) is 0 Å². The largest absolute Gasteiger partial charge is 0.141 e. The topological polar surface area (TPSA) is 0 Å². The Hall–Kier alpha value is -3.23. The van der Waals surface area contributed by atoms with Crippen LogP contribution >= 0.6 is 77.6 Å². The first kappa shape index (κ1) is 60.5. The van der Waals surface area contributed by atoms with Gasteiger partial charge < -0.3 is 0 Å². The zero-order valence-electron chi connectivity index (χ0n) is 49.9. The third-order valence-electron chi connectivity index (χ3n) is 19.1. The smallest absolute Gasteiger partial charge is 0.0688 e. The predicted octanol–water partition coefficient (Wildman–Crippen LogP) is 21.8. The Kier molecular flexibility index (Phi) is 21.0. The summed E-state index contributed by atoms with van der Waals surface area (Å²) < 4.78 is 9.80. The van der Waals surface area contributed by atoms with Gasteiger partial charge in [0.2, 0.25) is 0 Å². The zero-order chi connectivity index (χ0) is 56.5. The summed E-state index contributed by atoms with van der Waals surface area (Å²) in [5.41, 5.74) is 16.5. The van der Waals surface area contributed by atoms with Crippen LogP contribution in [0.25, 0.3) is 37.2 Å². The Balaban J connectivity index is 1.15. The van der Waals surface area contributed by atoms with Gasteiger partial charge in [0.05, 0.1) is 24.8 Å².